The minimum atomic E-state index is -0.943. The van der Waals surface area contributed by atoms with Gasteiger partial charge in [0.15, 0.2) is 0 Å². The van der Waals surface area contributed by atoms with Crippen molar-refractivity contribution in [1.82, 2.24) is 19.3 Å². The minimum absolute atomic E-state index is 0.249. The van der Waals surface area contributed by atoms with Crippen molar-refractivity contribution >= 4 is 21.9 Å². The largest absolute Gasteiger partial charge is 0.478 e. The first-order valence-corrected chi connectivity index (χ1v) is 5.86. The van der Waals surface area contributed by atoms with Gasteiger partial charge in [-0.15, -0.1) is 0 Å². The molecule has 0 saturated heterocycles. The number of aromatic nitrogens is 4. The van der Waals surface area contributed by atoms with Gasteiger partial charge in [-0.05, 0) is 28.9 Å². The highest BCUT2D eigenvalue weighted by Crippen LogP contribution is 2.16. The summed E-state index contributed by atoms with van der Waals surface area (Å²) >= 11 is 3.32. The average Bonchev–Trinajstić information content (AvgIpc) is 2.87. The highest BCUT2D eigenvalue weighted by atomic mass is 79.9. The van der Waals surface area contributed by atoms with Gasteiger partial charge in [0, 0.05) is 12.7 Å². The van der Waals surface area contributed by atoms with E-state index in [9.17, 15) is 4.79 Å². The van der Waals surface area contributed by atoms with Gasteiger partial charge in [0.25, 0.3) is 0 Å². The Morgan fingerprint density at radius 3 is 2.94 bits per heavy atom. The summed E-state index contributed by atoms with van der Waals surface area (Å²) in [6, 6.07) is 1.56. The number of hydrogen-bond acceptors (Lipinski definition) is 3. The van der Waals surface area contributed by atoms with Gasteiger partial charge in [-0.1, -0.05) is 0 Å². The molecule has 6 nitrogen and oxygen atoms in total. The Labute approximate surface area is 106 Å². The van der Waals surface area contributed by atoms with E-state index < -0.39 is 5.97 Å². The van der Waals surface area contributed by atoms with Crippen LogP contribution in [0.15, 0.2) is 23.2 Å². The zero-order valence-electron chi connectivity index (χ0n) is 9.17. The van der Waals surface area contributed by atoms with Gasteiger partial charge >= 0.3 is 5.97 Å². The Kier molecular flexibility index (Phi) is 3.28. The standard InChI is InChI=1S/C10H11BrN4O2/c1-2-15-9(12-6-13-15)5-14-4-7(10(16)17)3-8(14)11/h3-4,6H,2,5H2,1H3,(H,16,17). The molecule has 0 aromatic carbocycles. The average molecular weight is 299 g/mol. The molecule has 2 heterocycles. The van der Waals surface area contributed by atoms with E-state index >= 15 is 0 Å². The van der Waals surface area contributed by atoms with Crippen LogP contribution in [-0.4, -0.2) is 30.4 Å². The molecule has 0 spiro atoms. The van der Waals surface area contributed by atoms with Crippen LogP contribution in [0.1, 0.15) is 23.1 Å². The van der Waals surface area contributed by atoms with Gasteiger partial charge in [0.2, 0.25) is 0 Å². The quantitative estimate of drug-likeness (QED) is 0.931. The number of aromatic carboxylic acids is 1. The number of carbonyl (C=O) groups is 1. The Balaban J connectivity index is 2.27. The van der Waals surface area contributed by atoms with E-state index in [4.69, 9.17) is 5.11 Å². The van der Waals surface area contributed by atoms with Gasteiger partial charge in [-0.2, -0.15) is 5.10 Å². The second-order valence-electron chi connectivity index (χ2n) is 3.48. The molecule has 17 heavy (non-hydrogen) atoms. The van der Waals surface area contributed by atoms with Crippen LogP contribution < -0.4 is 0 Å². The van der Waals surface area contributed by atoms with Crippen molar-refractivity contribution < 1.29 is 9.90 Å². The Bertz CT molecular complexity index is 546. The third-order valence-electron chi connectivity index (χ3n) is 2.40. The smallest absolute Gasteiger partial charge is 0.337 e. The molecule has 0 fully saturated rings. The van der Waals surface area contributed by atoms with Crippen LogP contribution in [0.2, 0.25) is 0 Å². The topological polar surface area (TPSA) is 72.9 Å². The molecule has 0 aliphatic rings. The second kappa shape index (κ2) is 4.70. The second-order valence-corrected chi connectivity index (χ2v) is 4.29. The molecule has 2 rings (SSSR count). The van der Waals surface area contributed by atoms with Crippen molar-refractivity contribution in [2.75, 3.05) is 0 Å². The van der Waals surface area contributed by atoms with Crippen molar-refractivity contribution in [2.45, 2.75) is 20.0 Å². The molecule has 90 valence electrons. The SMILES string of the molecule is CCn1ncnc1Cn1cc(C(=O)O)cc1Br. The Hall–Kier alpha value is -1.63. The van der Waals surface area contributed by atoms with Crippen LogP contribution in [0.5, 0.6) is 0 Å². The molecular formula is C10H11BrN4O2. The fourth-order valence-electron chi connectivity index (χ4n) is 1.54. The third kappa shape index (κ3) is 2.38. The van der Waals surface area contributed by atoms with Crippen molar-refractivity contribution in [3.63, 3.8) is 0 Å². The van der Waals surface area contributed by atoms with Gasteiger partial charge < -0.3 is 9.67 Å². The van der Waals surface area contributed by atoms with Crippen molar-refractivity contribution in [1.29, 1.82) is 0 Å². The molecular weight excluding hydrogens is 288 g/mol. The molecule has 7 heteroatoms. The first-order valence-electron chi connectivity index (χ1n) is 5.07. The van der Waals surface area contributed by atoms with Gasteiger partial charge in [0.05, 0.1) is 16.7 Å². The molecule has 0 radical (unpaired) electrons. The number of halogens is 1. The number of nitrogens with zero attached hydrogens (tertiary/aromatic N) is 4. The highest BCUT2D eigenvalue weighted by molar-refractivity contribution is 9.10. The fourth-order valence-corrected chi connectivity index (χ4v) is 2.02. The summed E-state index contributed by atoms with van der Waals surface area (Å²) in [5.41, 5.74) is 0.249. The lowest BCUT2D eigenvalue weighted by Crippen LogP contribution is -2.08. The third-order valence-corrected chi connectivity index (χ3v) is 3.08. The Morgan fingerprint density at radius 1 is 1.59 bits per heavy atom. The predicted octanol–water partition coefficient (Wildman–Crippen LogP) is 1.61. The summed E-state index contributed by atoms with van der Waals surface area (Å²) < 4.78 is 4.26. The summed E-state index contributed by atoms with van der Waals surface area (Å²) in [7, 11) is 0. The van der Waals surface area contributed by atoms with Crippen LogP contribution in [0.25, 0.3) is 0 Å². The van der Waals surface area contributed by atoms with Crippen LogP contribution in [0, 0.1) is 0 Å². The van der Waals surface area contributed by atoms with Crippen LogP contribution in [-0.2, 0) is 13.1 Å². The maximum absolute atomic E-state index is 10.8. The first kappa shape index (κ1) is 11.8. The number of carboxylic acid groups (broad SMARTS) is 1. The van der Waals surface area contributed by atoms with Gasteiger partial charge in [-0.25, -0.2) is 14.5 Å². The normalized spacial score (nSPS) is 10.7. The summed E-state index contributed by atoms with van der Waals surface area (Å²) in [6.07, 6.45) is 3.06. The van der Waals surface area contributed by atoms with E-state index in [2.05, 4.69) is 26.0 Å². The maximum atomic E-state index is 10.8. The van der Waals surface area contributed by atoms with Crippen molar-refractivity contribution in [3.05, 3.63) is 34.6 Å². The lowest BCUT2D eigenvalue weighted by molar-refractivity contribution is 0.0697. The Morgan fingerprint density at radius 2 is 2.35 bits per heavy atom. The number of rotatable bonds is 4. The number of hydrogen-bond donors (Lipinski definition) is 1. The first-order chi connectivity index (χ1) is 8.11. The molecule has 0 aliphatic heterocycles. The molecule has 0 saturated carbocycles. The lowest BCUT2D eigenvalue weighted by Gasteiger charge is -2.05. The zero-order chi connectivity index (χ0) is 12.4. The zero-order valence-corrected chi connectivity index (χ0v) is 10.8. The summed E-state index contributed by atoms with van der Waals surface area (Å²) in [5.74, 6) is -0.151. The van der Waals surface area contributed by atoms with E-state index in [0.29, 0.717) is 11.1 Å². The van der Waals surface area contributed by atoms with Crippen LogP contribution >= 0.6 is 15.9 Å². The van der Waals surface area contributed by atoms with E-state index in [1.807, 2.05) is 6.92 Å². The molecule has 2 aromatic rings. The highest BCUT2D eigenvalue weighted by Gasteiger charge is 2.11. The predicted molar refractivity (Wildman–Crippen MR) is 63.9 cm³/mol. The van der Waals surface area contributed by atoms with Gasteiger partial charge in [0.1, 0.15) is 12.2 Å². The summed E-state index contributed by atoms with van der Waals surface area (Å²) in [4.78, 5) is 15.0. The molecule has 0 bridgehead atoms. The monoisotopic (exact) mass is 298 g/mol. The van der Waals surface area contributed by atoms with E-state index in [-0.39, 0.29) is 5.56 Å². The van der Waals surface area contributed by atoms with E-state index in [1.165, 1.54) is 6.33 Å². The van der Waals surface area contributed by atoms with Crippen LogP contribution in [0.3, 0.4) is 0 Å². The molecule has 1 N–H and O–H groups in total. The van der Waals surface area contributed by atoms with E-state index in [1.54, 1.807) is 21.5 Å². The van der Waals surface area contributed by atoms with Crippen molar-refractivity contribution in [2.24, 2.45) is 0 Å². The maximum Gasteiger partial charge on any atom is 0.337 e. The van der Waals surface area contributed by atoms with Crippen LogP contribution in [0.4, 0.5) is 0 Å². The molecule has 0 aliphatic carbocycles. The van der Waals surface area contributed by atoms with E-state index in [0.717, 1.165) is 12.4 Å². The summed E-state index contributed by atoms with van der Waals surface area (Å²) in [6.45, 7) is 3.20. The lowest BCUT2D eigenvalue weighted by atomic mass is 10.4. The molecule has 2 aromatic heterocycles. The minimum Gasteiger partial charge on any atom is -0.478 e. The number of aryl methyl sites for hydroxylation is 1. The molecule has 0 atom stereocenters. The van der Waals surface area contributed by atoms with Crippen molar-refractivity contribution in [3.8, 4) is 0 Å². The fraction of sp³-hybridized carbons (Fsp3) is 0.300. The summed E-state index contributed by atoms with van der Waals surface area (Å²) in [5, 5.41) is 12.9. The molecule has 0 amide bonds. The molecule has 0 unspecified atom stereocenters. The van der Waals surface area contributed by atoms with Gasteiger partial charge in [-0.3, -0.25) is 0 Å². The number of carboxylic acids is 1.